The molecule has 9 heteroatoms. The third-order valence-corrected chi connectivity index (χ3v) is 4.60. The first-order valence-electron chi connectivity index (χ1n) is 7.54. The Morgan fingerprint density at radius 3 is 2.70 bits per heavy atom. The Morgan fingerprint density at radius 1 is 1.39 bits per heavy atom. The monoisotopic (exact) mass is 348 g/mol. The lowest BCUT2D eigenvalue weighted by molar-refractivity contribution is -0.164. The van der Waals surface area contributed by atoms with Crippen molar-refractivity contribution in [2.75, 3.05) is 13.2 Å². The van der Waals surface area contributed by atoms with E-state index in [0.717, 1.165) is 5.04 Å². The van der Waals surface area contributed by atoms with Gasteiger partial charge in [0.2, 0.25) is 0 Å². The summed E-state index contributed by atoms with van der Waals surface area (Å²) in [5.41, 5.74) is -0.978. The van der Waals surface area contributed by atoms with Gasteiger partial charge in [-0.25, -0.2) is 4.79 Å². The van der Waals surface area contributed by atoms with Crippen LogP contribution in [0.15, 0.2) is 4.99 Å². The maximum Gasteiger partial charge on any atom is 0.407 e. The predicted octanol–water partition coefficient (Wildman–Crippen LogP) is -0.146. The number of aliphatic hydroxyl groups is 3. The van der Waals surface area contributed by atoms with E-state index in [9.17, 15) is 15.0 Å². The van der Waals surface area contributed by atoms with Crippen molar-refractivity contribution >= 4 is 22.9 Å². The van der Waals surface area contributed by atoms with Crippen molar-refractivity contribution in [2.24, 2.45) is 4.99 Å². The Hall–Kier alpha value is -0.870. The lowest BCUT2D eigenvalue weighted by Gasteiger charge is -2.37. The quantitative estimate of drug-likeness (QED) is 0.558. The van der Waals surface area contributed by atoms with Crippen LogP contribution >= 0.6 is 11.8 Å². The van der Waals surface area contributed by atoms with Crippen molar-refractivity contribution in [3.63, 3.8) is 0 Å². The van der Waals surface area contributed by atoms with Gasteiger partial charge in [0.1, 0.15) is 35.4 Å². The number of rotatable bonds is 4. The molecule has 5 atom stereocenters. The maximum absolute atomic E-state index is 11.6. The van der Waals surface area contributed by atoms with Gasteiger partial charge in [0.25, 0.3) is 0 Å². The van der Waals surface area contributed by atoms with Crippen molar-refractivity contribution in [3.05, 3.63) is 0 Å². The third kappa shape index (κ3) is 4.80. The lowest BCUT2D eigenvalue weighted by Crippen LogP contribution is -2.55. The number of amides is 1. The molecule has 1 fully saturated rings. The first-order chi connectivity index (χ1) is 10.7. The number of nitrogens with one attached hydrogen (secondary N) is 1. The zero-order valence-electron chi connectivity index (χ0n) is 13.4. The van der Waals surface area contributed by atoms with E-state index in [-0.39, 0.29) is 6.61 Å². The number of aliphatic imine (C=N–C) groups is 1. The number of carbonyl (C=O) groups is 1. The molecule has 2 heterocycles. The molecule has 2 aliphatic heterocycles. The van der Waals surface area contributed by atoms with E-state index >= 15 is 0 Å². The van der Waals surface area contributed by atoms with E-state index in [2.05, 4.69) is 10.3 Å². The SMILES string of the molecule is CC(C)(C)OC(=O)NCCC1=N[C@@H]2[C@@H](O)[C@H](O)[C@@H](CO)O[C@@H]2S1. The lowest BCUT2D eigenvalue weighted by atomic mass is 9.99. The van der Waals surface area contributed by atoms with Crippen LogP contribution in [0, 0.1) is 0 Å². The topological polar surface area (TPSA) is 121 Å². The summed E-state index contributed by atoms with van der Waals surface area (Å²) < 4.78 is 10.7. The van der Waals surface area contributed by atoms with Crippen LogP contribution in [0.2, 0.25) is 0 Å². The van der Waals surface area contributed by atoms with Crippen molar-refractivity contribution in [3.8, 4) is 0 Å². The molecule has 2 rings (SSSR count). The fourth-order valence-corrected chi connectivity index (χ4v) is 3.57. The first kappa shape index (κ1) is 18.5. The van der Waals surface area contributed by atoms with Crippen molar-refractivity contribution in [2.45, 2.75) is 62.6 Å². The number of nitrogens with zero attached hydrogens (tertiary/aromatic N) is 1. The van der Waals surface area contributed by atoms with E-state index in [0.29, 0.717) is 13.0 Å². The molecule has 0 bridgehead atoms. The van der Waals surface area contributed by atoms with Gasteiger partial charge in [-0.2, -0.15) is 0 Å². The van der Waals surface area contributed by atoms with E-state index in [1.165, 1.54) is 11.8 Å². The molecular formula is C14H24N2O6S. The fraction of sp³-hybridized carbons (Fsp3) is 0.857. The second-order valence-electron chi connectivity index (χ2n) is 6.52. The summed E-state index contributed by atoms with van der Waals surface area (Å²) in [4.78, 5) is 15.9. The number of alkyl carbamates (subject to hydrolysis) is 1. The minimum absolute atomic E-state index is 0.349. The Labute approximate surface area is 139 Å². The summed E-state index contributed by atoms with van der Waals surface area (Å²) in [5, 5.41) is 32.4. The van der Waals surface area contributed by atoms with Crippen LogP contribution in [-0.2, 0) is 9.47 Å². The van der Waals surface area contributed by atoms with Crippen molar-refractivity contribution in [1.82, 2.24) is 5.32 Å². The predicted molar refractivity (Wildman–Crippen MR) is 85.4 cm³/mol. The molecular weight excluding hydrogens is 324 g/mol. The summed E-state index contributed by atoms with van der Waals surface area (Å²) in [6.07, 6.45) is -3.06. The maximum atomic E-state index is 11.6. The van der Waals surface area contributed by atoms with E-state index in [1.807, 2.05) is 0 Å². The standard InChI is InChI=1S/C14H24N2O6S/c1-14(2,3)22-13(20)15-5-4-8-16-9-11(19)10(18)7(6-17)21-12(9)23-8/h7,9-12,17-19H,4-6H2,1-3H3,(H,15,20)/t7-,9-,10-,11-,12-/m1/s1. The molecule has 0 radical (unpaired) electrons. The molecule has 0 aromatic carbocycles. The first-order valence-corrected chi connectivity index (χ1v) is 8.42. The van der Waals surface area contributed by atoms with Gasteiger partial charge >= 0.3 is 6.09 Å². The summed E-state index contributed by atoms with van der Waals surface area (Å²) in [6.45, 7) is 5.35. The number of aliphatic hydroxyl groups excluding tert-OH is 3. The zero-order chi connectivity index (χ0) is 17.2. The molecule has 132 valence electrons. The largest absolute Gasteiger partial charge is 0.444 e. The van der Waals surface area contributed by atoms with Crippen LogP contribution in [0.3, 0.4) is 0 Å². The molecule has 0 aromatic rings. The molecule has 1 saturated heterocycles. The highest BCUT2D eigenvalue weighted by atomic mass is 32.2. The summed E-state index contributed by atoms with van der Waals surface area (Å²) in [5.74, 6) is 0. The highest BCUT2D eigenvalue weighted by molar-refractivity contribution is 8.14. The average Bonchev–Trinajstić information content (AvgIpc) is 2.84. The van der Waals surface area contributed by atoms with Gasteiger partial charge < -0.3 is 30.1 Å². The average molecular weight is 348 g/mol. The van der Waals surface area contributed by atoms with E-state index in [4.69, 9.17) is 14.6 Å². The molecule has 0 aromatic heterocycles. The highest BCUT2D eigenvalue weighted by Gasteiger charge is 2.47. The van der Waals surface area contributed by atoms with Gasteiger partial charge in [-0.3, -0.25) is 4.99 Å². The van der Waals surface area contributed by atoms with Crippen molar-refractivity contribution < 1.29 is 29.6 Å². The van der Waals surface area contributed by atoms with Gasteiger partial charge in [-0.1, -0.05) is 11.8 Å². The number of fused-ring (bicyclic) bond motifs is 1. The smallest absolute Gasteiger partial charge is 0.407 e. The van der Waals surface area contributed by atoms with Gasteiger partial charge in [-0.05, 0) is 20.8 Å². The van der Waals surface area contributed by atoms with Crippen LogP contribution in [0.5, 0.6) is 0 Å². The van der Waals surface area contributed by atoms with Crippen LogP contribution in [0.1, 0.15) is 27.2 Å². The molecule has 0 unspecified atom stereocenters. The molecule has 4 N–H and O–H groups in total. The number of carbonyl (C=O) groups excluding carboxylic acids is 1. The van der Waals surface area contributed by atoms with Crippen molar-refractivity contribution in [1.29, 1.82) is 0 Å². The summed E-state index contributed by atoms with van der Waals surface area (Å²) >= 11 is 1.34. The van der Waals surface area contributed by atoms with Crippen LogP contribution in [0.4, 0.5) is 4.79 Å². The van der Waals surface area contributed by atoms with Gasteiger partial charge in [-0.15, -0.1) is 0 Å². The normalized spacial score (nSPS) is 33.8. The molecule has 0 spiro atoms. The number of hydrogen-bond donors (Lipinski definition) is 4. The Morgan fingerprint density at radius 2 is 2.09 bits per heavy atom. The number of thioether (sulfide) groups is 1. The Kier molecular flexibility index (Phi) is 5.90. The van der Waals surface area contributed by atoms with E-state index in [1.54, 1.807) is 20.8 Å². The highest BCUT2D eigenvalue weighted by Crippen LogP contribution is 2.37. The molecule has 1 amide bonds. The molecule has 23 heavy (non-hydrogen) atoms. The Balaban J connectivity index is 1.81. The van der Waals surface area contributed by atoms with Crippen LogP contribution in [0.25, 0.3) is 0 Å². The molecule has 0 saturated carbocycles. The molecule has 8 nitrogen and oxygen atoms in total. The van der Waals surface area contributed by atoms with Crippen LogP contribution in [-0.4, -0.2) is 75.0 Å². The Bertz CT molecular complexity index is 467. The fourth-order valence-electron chi connectivity index (χ4n) is 2.34. The van der Waals surface area contributed by atoms with E-state index < -0.39 is 41.5 Å². The second-order valence-corrected chi connectivity index (χ2v) is 7.69. The van der Waals surface area contributed by atoms with Gasteiger partial charge in [0, 0.05) is 13.0 Å². The summed E-state index contributed by atoms with van der Waals surface area (Å²) in [6, 6.07) is -0.561. The van der Waals surface area contributed by atoms with Gasteiger partial charge in [0.15, 0.2) is 0 Å². The van der Waals surface area contributed by atoms with Crippen LogP contribution < -0.4 is 5.32 Å². The zero-order valence-corrected chi connectivity index (χ0v) is 14.2. The number of hydrogen-bond acceptors (Lipinski definition) is 8. The minimum atomic E-state index is -1.16. The second kappa shape index (κ2) is 7.35. The third-order valence-electron chi connectivity index (χ3n) is 3.40. The molecule has 2 aliphatic rings. The van der Waals surface area contributed by atoms with Gasteiger partial charge in [0.05, 0.1) is 11.7 Å². The molecule has 0 aliphatic carbocycles. The minimum Gasteiger partial charge on any atom is -0.444 e. The number of ether oxygens (including phenoxy) is 2. The summed E-state index contributed by atoms with van der Waals surface area (Å²) in [7, 11) is 0.